The van der Waals surface area contributed by atoms with Gasteiger partial charge in [-0.3, -0.25) is 4.79 Å². The van der Waals surface area contributed by atoms with Crippen molar-refractivity contribution in [2.45, 2.75) is 30.4 Å². The van der Waals surface area contributed by atoms with E-state index in [1.165, 1.54) is 0 Å². The quantitative estimate of drug-likeness (QED) is 0.789. The minimum Gasteiger partial charge on any atom is -0.309 e. The van der Waals surface area contributed by atoms with Crippen LogP contribution in [0.4, 0.5) is 0 Å². The van der Waals surface area contributed by atoms with Crippen molar-refractivity contribution in [3.8, 4) is 0 Å². The molecule has 0 saturated heterocycles. The normalized spacial score (nSPS) is 10.8. The van der Waals surface area contributed by atoms with Crippen molar-refractivity contribution in [3.63, 3.8) is 0 Å². The smallest absolute Gasteiger partial charge is 0.265 e. The number of nitrogens with one attached hydrogen (secondary N) is 1. The van der Waals surface area contributed by atoms with Gasteiger partial charge < -0.3 is 4.98 Å². The van der Waals surface area contributed by atoms with Gasteiger partial charge in [0.2, 0.25) is 0 Å². The molecule has 0 atom stereocenters. The number of H-pyrrole nitrogens is 1. The summed E-state index contributed by atoms with van der Waals surface area (Å²) in [5.41, 5.74) is 0.697. The zero-order chi connectivity index (χ0) is 14.5. The molecule has 1 heterocycles. The van der Waals surface area contributed by atoms with Crippen LogP contribution < -0.4 is 5.56 Å². The van der Waals surface area contributed by atoms with Crippen molar-refractivity contribution in [3.05, 3.63) is 55.6 Å². The van der Waals surface area contributed by atoms with E-state index < -0.39 is 0 Å². The van der Waals surface area contributed by atoms with E-state index in [1.807, 2.05) is 24.3 Å². The minimum absolute atomic E-state index is 0.120. The van der Waals surface area contributed by atoms with E-state index >= 15 is 0 Å². The number of hydrogen-bond donors (Lipinski definition) is 1. The molecule has 0 aliphatic heterocycles. The molecular formula is C14H14BrClN2OS. The maximum atomic E-state index is 11.8. The number of aromatic amines is 1. The monoisotopic (exact) mass is 372 g/mol. The van der Waals surface area contributed by atoms with Gasteiger partial charge in [0.25, 0.3) is 5.56 Å². The Morgan fingerprint density at radius 3 is 2.95 bits per heavy atom. The molecule has 0 radical (unpaired) electrons. The Labute approximate surface area is 135 Å². The molecule has 0 saturated carbocycles. The lowest BCUT2D eigenvalue weighted by molar-refractivity contribution is 0.835. The highest BCUT2D eigenvalue weighted by Crippen LogP contribution is 2.24. The number of aryl methyl sites for hydroxylation is 1. The fourth-order valence-corrected chi connectivity index (χ4v) is 3.20. The van der Waals surface area contributed by atoms with Crippen molar-refractivity contribution in [2.24, 2.45) is 0 Å². The first kappa shape index (κ1) is 15.6. The third kappa shape index (κ3) is 4.11. The second-order valence-electron chi connectivity index (χ2n) is 4.27. The fourth-order valence-electron chi connectivity index (χ4n) is 1.74. The molecule has 0 bridgehead atoms. The van der Waals surface area contributed by atoms with Crippen LogP contribution in [0.5, 0.6) is 0 Å². The molecule has 1 aromatic heterocycles. The first-order valence-corrected chi connectivity index (χ1v) is 8.41. The van der Waals surface area contributed by atoms with E-state index in [4.69, 9.17) is 11.6 Å². The van der Waals surface area contributed by atoms with Gasteiger partial charge in [0.1, 0.15) is 10.3 Å². The zero-order valence-corrected chi connectivity index (χ0v) is 14.1. The van der Waals surface area contributed by atoms with Crippen LogP contribution in [-0.2, 0) is 12.2 Å². The molecule has 106 valence electrons. The maximum Gasteiger partial charge on any atom is 0.265 e. The first-order chi connectivity index (χ1) is 9.60. The Morgan fingerprint density at radius 2 is 2.25 bits per heavy atom. The average Bonchev–Trinajstić information content (AvgIpc) is 2.42. The number of rotatable bonds is 5. The van der Waals surface area contributed by atoms with Crippen molar-refractivity contribution < 1.29 is 0 Å². The number of thioether (sulfide) groups is 1. The lowest BCUT2D eigenvalue weighted by Crippen LogP contribution is -2.15. The number of aromatic nitrogens is 2. The van der Waals surface area contributed by atoms with Gasteiger partial charge in [-0.1, -0.05) is 31.0 Å². The molecule has 2 rings (SSSR count). The maximum absolute atomic E-state index is 11.8. The Bertz CT molecular complexity index is 660. The molecule has 20 heavy (non-hydrogen) atoms. The van der Waals surface area contributed by atoms with E-state index in [0.717, 1.165) is 23.4 Å². The van der Waals surface area contributed by atoms with Gasteiger partial charge in [0.15, 0.2) is 0 Å². The van der Waals surface area contributed by atoms with Crippen LogP contribution in [0.1, 0.15) is 24.9 Å². The topological polar surface area (TPSA) is 45.8 Å². The van der Waals surface area contributed by atoms with Crippen LogP contribution in [0, 0.1) is 0 Å². The highest BCUT2D eigenvalue weighted by Gasteiger charge is 2.08. The van der Waals surface area contributed by atoms with E-state index in [1.54, 1.807) is 11.8 Å². The molecule has 0 aliphatic carbocycles. The summed E-state index contributed by atoms with van der Waals surface area (Å²) < 4.78 is 0.538. The van der Waals surface area contributed by atoms with Crippen molar-refractivity contribution in [1.29, 1.82) is 0 Å². The molecule has 0 amide bonds. The highest BCUT2D eigenvalue weighted by atomic mass is 79.9. The summed E-state index contributed by atoms with van der Waals surface area (Å²) in [5, 5.41) is 0.707. The molecule has 6 heteroatoms. The number of nitrogens with zero attached hydrogens (tertiary/aromatic N) is 1. The molecule has 1 N–H and O–H groups in total. The zero-order valence-electron chi connectivity index (χ0n) is 11.0. The van der Waals surface area contributed by atoms with Gasteiger partial charge in [-0.25, -0.2) is 4.98 Å². The molecular weight excluding hydrogens is 360 g/mol. The van der Waals surface area contributed by atoms with Gasteiger partial charge in [-0.2, -0.15) is 0 Å². The summed E-state index contributed by atoms with van der Waals surface area (Å²) in [4.78, 5) is 20.2. The number of halogens is 2. The van der Waals surface area contributed by atoms with Crippen LogP contribution in [0.2, 0.25) is 5.02 Å². The van der Waals surface area contributed by atoms with E-state index in [9.17, 15) is 4.79 Å². The van der Waals surface area contributed by atoms with Gasteiger partial charge in [0, 0.05) is 9.92 Å². The van der Waals surface area contributed by atoms with Crippen molar-refractivity contribution in [2.75, 3.05) is 0 Å². The third-order valence-electron chi connectivity index (χ3n) is 2.64. The summed E-state index contributed by atoms with van der Waals surface area (Å²) in [5.74, 6) is 1.30. The highest BCUT2D eigenvalue weighted by molar-refractivity contribution is 9.10. The van der Waals surface area contributed by atoms with Crippen LogP contribution >= 0.6 is 39.3 Å². The van der Waals surface area contributed by atoms with Gasteiger partial charge in [-0.05, 0) is 40.5 Å². The number of benzene rings is 1. The second-order valence-corrected chi connectivity index (χ2v) is 6.55. The molecule has 2 aromatic rings. The Balaban J connectivity index is 2.15. The van der Waals surface area contributed by atoms with Crippen LogP contribution in [0.15, 0.2) is 38.4 Å². The summed E-state index contributed by atoms with van der Waals surface area (Å²) in [7, 11) is 0. The average molecular weight is 374 g/mol. The first-order valence-electron chi connectivity index (χ1n) is 6.26. The Kier molecular flexibility index (Phi) is 5.69. The largest absolute Gasteiger partial charge is 0.309 e. The standard InChI is InChI=1S/C14H14BrClN2OS/c1-2-4-11-13(15)14(19)18-12(17-11)8-20-10-6-3-5-9(16)7-10/h3,5-7H,2,4,8H2,1H3,(H,17,18,19). The van der Waals surface area contributed by atoms with E-state index in [0.29, 0.717) is 21.1 Å². The molecule has 0 unspecified atom stereocenters. The van der Waals surface area contributed by atoms with Crippen LogP contribution in [0.3, 0.4) is 0 Å². The fraction of sp³-hybridized carbons (Fsp3) is 0.286. The summed E-state index contributed by atoms with van der Waals surface area (Å²) in [6.45, 7) is 2.07. The van der Waals surface area contributed by atoms with Gasteiger partial charge in [0.05, 0.1) is 11.4 Å². The van der Waals surface area contributed by atoms with Crippen LogP contribution in [-0.4, -0.2) is 9.97 Å². The molecule has 3 nitrogen and oxygen atoms in total. The summed E-state index contributed by atoms with van der Waals surface area (Å²) in [6, 6.07) is 7.63. The van der Waals surface area contributed by atoms with Crippen LogP contribution in [0.25, 0.3) is 0 Å². The SMILES string of the molecule is CCCc1nc(CSc2cccc(Cl)c2)[nH]c(=O)c1Br. The van der Waals surface area contributed by atoms with E-state index in [2.05, 4.69) is 32.8 Å². The van der Waals surface area contributed by atoms with Gasteiger partial charge in [-0.15, -0.1) is 11.8 Å². The van der Waals surface area contributed by atoms with Gasteiger partial charge >= 0.3 is 0 Å². The summed E-state index contributed by atoms with van der Waals surface area (Å²) in [6.07, 6.45) is 1.75. The molecule has 1 aromatic carbocycles. The Morgan fingerprint density at radius 1 is 1.45 bits per heavy atom. The summed E-state index contributed by atoms with van der Waals surface area (Å²) >= 11 is 10.8. The van der Waals surface area contributed by atoms with Crippen molar-refractivity contribution >= 4 is 39.3 Å². The lowest BCUT2D eigenvalue weighted by atomic mass is 10.2. The molecule has 0 spiro atoms. The predicted molar refractivity (Wildman–Crippen MR) is 87.6 cm³/mol. The Hall–Kier alpha value is -0.780. The van der Waals surface area contributed by atoms with E-state index in [-0.39, 0.29) is 5.56 Å². The minimum atomic E-state index is -0.120. The lowest BCUT2D eigenvalue weighted by Gasteiger charge is -2.06. The second kappa shape index (κ2) is 7.29. The molecule has 0 fully saturated rings. The predicted octanol–water partition coefficient (Wildman–Crippen LogP) is 4.43. The third-order valence-corrected chi connectivity index (χ3v) is 4.70. The van der Waals surface area contributed by atoms with Crippen molar-refractivity contribution in [1.82, 2.24) is 9.97 Å². The molecule has 0 aliphatic rings. The number of hydrogen-bond acceptors (Lipinski definition) is 3.